The van der Waals surface area contributed by atoms with E-state index in [2.05, 4.69) is 10.0 Å². The molecule has 39 heavy (non-hydrogen) atoms. The number of anilines is 3. The standard InChI is InChI=1S/C30H28ClN3O4S/c31-25-13-5-6-14-26(25)33-39(36,37)29-20-23(16-17-27(29)34-18-8-9-19-34)32-30(35)24-12-4-7-15-28(24)38-21-22-10-2-1-3-11-22/h1-7,10-17,20,33H,8-9,18-19,21H2,(H,32,35). The molecule has 9 heteroatoms. The van der Waals surface area contributed by atoms with Crippen LogP contribution in [-0.2, 0) is 16.6 Å². The van der Waals surface area contributed by atoms with E-state index < -0.39 is 15.9 Å². The number of ether oxygens (including phenoxy) is 1. The fourth-order valence-electron chi connectivity index (χ4n) is 4.48. The number of carbonyl (C=O) groups is 1. The van der Waals surface area contributed by atoms with Crippen LogP contribution in [0.4, 0.5) is 17.1 Å². The van der Waals surface area contributed by atoms with Crippen LogP contribution in [0.25, 0.3) is 0 Å². The third-order valence-corrected chi connectivity index (χ3v) is 8.17. The summed E-state index contributed by atoms with van der Waals surface area (Å²) in [4.78, 5) is 15.4. The molecular weight excluding hydrogens is 534 g/mol. The summed E-state index contributed by atoms with van der Waals surface area (Å²) in [6.45, 7) is 1.82. The monoisotopic (exact) mass is 561 g/mol. The van der Waals surface area contributed by atoms with Crippen molar-refractivity contribution in [3.8, 4) is 5.75 Å². The molecule has 5 rings (SSSR count). The molecule has 1 heterocycles. The van der Waals surface area contributed by atoms with Gasteiger partial charge in [0, 0.05) is 18.8 Å². The predicted molar refractivity (Wildman–Crippen MR) is 155 cm³/mol. The molecule has 0 saturated carbocycles. The number of carbonyl (C=O) groups excluding carboxylic acids is 1. The normalized spacial score (nSPS) is 13.2. The van der Waals surface area contributed by atoms with E-state index in [0.717, 1.165) is 31.5 Å². The van der Waals surface area contributed by atoms with Crippen molar-refractivity contribution in [3.05, 3.63) is 113 Å². The average Bonchev–Trinajstić information content (AvgIpc) is 3.49. The van der Waals surface area contributed by atoms with E-state index in [1.807, 2.05) is 35.2 Å². The lowest BCUT2D eigenvalue weighted by atomic mass is 10.1. The summed E-state index contributed by atoms with van der Waals surface area (Å²) in [5.74, 6) is 0.0239. The molecule has 0 unspecified atom stereocenters. The Hall–Kier alpha value is -4.01. The zero-order valence-electron chi connectivity index (χ0n) is 21.1. The van der Waals surface area contributed by atoms with Gasteiger partial charge in [-0.05, 0) is 60.9 Å². The van der Waals surface area contributed by atoms with Crippen LogP contribution in [-0.4, -0.2) is 27.4 Å². The van der Waals surface area contributed by atoms with Gasteiger partial charge in [-0.1, -0.05) is 66.2 Å². The number of para-hydroxylation sites is 2. The molecule has 1 saturated heterocycles. The second-order valence-electron chi connectivity index (χ2n) is 9.19. The van der Waals surface area contributed by atoms with Gasteiger partial charge in [0.2, 0.25) is 0 Å². The molecule has 0 spiro atoms. The van der Waals surface area contributed by atoms with E-state index in [9.17, 15) is 13.2 Å². The molecule has 2 N–H and O–H groups in total. The van der Waals surface area contributed by atoms with Crippen LogP contribution < -0.4 is 19.7 Å². The molecular formula is C30H28ClN3O4S. The summed E-state index contributed by atoms with van der Waals surface area (Å²) < 4.78 is 35.7. The van der Waals surface area contributed by atoms with Gasteiger partial charge in [0.15, 0.2) is 0 Å². The highest BCUT2D eigenvalue weighted by molar-refractivity contribution is 7.93. The maximum atomic E-state index is 13.6. The molecule has 4 aromatic rings. The maximum Gasteiger partial charge on any atom is 0.264 e. The van der Waals surface area contributed by atoms with Gasteiger partial charge in [0.25, 0.3) is 15.9 Å². The minimum Gasteiger partial charge on any atom is -0.488 e. The zero-order valence-corrected chi connectivity index (χ0v) is 22.7. The minimum atomic E-state index is -4.03. The molecule has 4 aromatic carbocycles. The summed E-state index contributed by atoms with van der Waals surface area (Å²) in [5.41, 5.74) is 2.53. The number of hydrogen-bond donors (Lipinski definition) is 2. The van der Waals surface area contributed by atoms with Crippen molar-refractivity contribution in [1.29, 1.82) is 0 Å². The van der Waals surface area contributed by atoms with Gasteiger partial charge in [-0.2, -0.15) is 0 Å². The number of rotatable bonds is 9. The molecule has 1 aliphatic rings. The van der Waals surface area contributed by atoms with Gasteiger partial charge in [-0.15, -0.1) is 0 Å². The second-order valence-corrected chi connectivity index (χ2v) is 11.2. The Labute approximate surface area is 233 Å². The summed E-state index contributed by atoms with van der Waals surface area (Å²) in [6.07, 6.45) is 1.96. The molecule has 0 atom stereocenters. The molecule has 1 aliphatic heterocycles. The smallest absolute Gasteiger partial charge is 0.264 e. The molecule has 7 nitrogen and oxygen atoms in total. The van der Waals surface area contributed by atoms with E-state index in [4.69, 9.17) is 16.3 Å². The Morgan fingerprint density at radius 2 is 1.56 bits per heavy atom. The van der Waals surface area contributed by atoms with E-state index in [1.54, 1.807) is 60.7 Å². The van der Waals surface area contributed by atoms with Gasteiger partial charge in [0.05, 0.1) is 22.0 Å². The van der Waals surface area contributed by atoms with E-state index in [-0.39, 0.29) is 10.6 Å². The van der Waals surface area contributed by atoms with Gasteiger partial charge < -0.3 is 15.0 Å². The topological polar surface area (TPSA) is 87.7 Å². The maximum absolute atomic E-state index is 13.6. The first-order valence-electron chi connectivity index (χ1n) is 12.6. The lowest BCUT2D eigenvalue weighted by Crippen LogP contribution is -2.23. The van der Waals surface area contributed by atoms with Crippen LogP contribution in [0.5, 0.6) is 5.75 Å². The van der Waals surface area contributed by atoms with Crippen LogP contribution in [0.15, 0.2) is 102 Å². The van der Waals surface area contributed by atoms with E-state index in [1.165, 1.54) is 6.07 Å². The predicted octanol–water partition coefficient (Wildman–Crippen LogP) is 6.57. The van der Waals surface area contributed by atoms with Crippen molar-refractivity contribution in [3.63, 3.8) is 0 Å². The number of halogens is 1. The van der Waals surface area contributed by atoms with E-state index >= 15 is 0 Å². The van der Waals surface area contributed by atoms with Crippen LogP contribution in [0, 0.1) is 0 Å². The van der Waals surface area contributed by atoms with Crippen LogP contribution in [0.1, 0.15) is 28.8 Å². The quantitative estimate of drug-likeness (QED) is 0.241. The number of nitrogens with one attached hydrogen (secondary N) is 2. The Morgan fingerprint density at radius 1 is 0.872 bits per heavy atom. The van der Waals surface area contributed by atoms with Gasteiger partial charge >= 0.3 is 0 Å². The molecule has 1 fully saturated rings. The van der Waals surface area contributed by atoms with Gasteiger partial charge in [-0.3, -0.25) is 9.52 Å². The van der Waals surface area contributed by atoms with Crippen LogP contribution in [0.3, 0.4) is 0 Å². The molecule has 0 bridgehead atoms. The fourth-order valence-corrected chi connectivity index (χ4v) is 6.06. The first-order chi connectivity index (χ1) is 18.9. The Bertz CT molecular complexity index is 1570. The lowest BCUT2D eigenvalue weighted by molar-refractivity contribution is 0.102. The number of benzene rings is 4. The third kappa shape index (κ3) is 6.35. The van der Waals surface area contributed by atoms with Gasteiger partial charge in [0.1, 0.15) is 17.3 Å². The number of hydrogen-bond acceptors (Lipinski definition) is 5. The minimum absolute atomic E-state index is 0.0655. The molecule has 0 aromatic heterocycles. The Kier molecular flexibility index (Phi) is 8.05. The SMILES string of the molecule is O=C(Nc1ccc(N2CCCC2)c(S(=O)(=O)Nc2ccccc2Cl)c1)c1ccccc1OCc1ccccc1. The van der Waals surface area contributed by atoms with Crippen molar-refractivity contribution >= 4 is 44.6 Å². The van der Waals surface area contributed by atoms with Crippen molar-refractivity contribution in [2.45, 2.75) is 24.3 Å². The van der Waals surface area contributed by atoms with Crippen molar-refractivity contribution < 1.29 is 17.9 Å². The highest BCUT2D eigenvalue weighted by Gasteiger charge is 2.26. The second kappa shape index (κ2) is 11.8. The van der Waals surface area contributed by atoms with Crippen molar-refractivity contribution in [1.82, 2.24) is 0 Å². The van der Waals surface area contributed by atoms with Crippen LogP contribution >= 0.6 is 11.6 Å². The summed E-state index contributed by atoms with van der Waals surface area (Å²) >= 11 is 6.23. The largest absolute Gasteiger partial charge is 0.488 e. The van der Waals surface area contributed by atoms with Crippen molar-refractivity contribution in [2.24, 2.45) is 0 Å². The zero-order chi connectivity index (χ0) is 27.2. The average molecular weight is 562 g/mol. The number of amides is 1. The first kappa shape index (κ1) is 26.6. The van der Waals surface area contributed by atoms with Crippen LogP contribution in [0.2, 0.25) is 5.02 Å². The van der Waals surface area contributed by atoms with Gasteiger partial charge in [-0.25, -0.2) is 8.42 Å². The number of nitrogens with zero attached hydrogens (tertiary/aromatic N) is 1. The third-order valence-electron chi connectivity index (χ3n) is 6.44. The fraction of sp³-hybridized carbons (Fsp3) is 0.167. The Balaban J connectivity index is 1.42. The molecule has 1 amide bonds. The summed E-state index contributed by atoms with van der Waals surface area (Å²) in [7, 11) is -4.03. The highest BCUT2D eigenvalue weighted by atomic mass is 35.5. The molecule has 0 aliphatic carbocycles. The molecule has 0 radical (unpaired) electrons. The van der Waals surface area contributed by atoms with E-state index in [0.29, 0.717) is 34.3 Å². The summed E-state index contributed by atoms with van der Waals surface area (Å²) in [6, 6.07) is 28.2. The first-order valence-corrected chi connectivity index (χ1v) is 14.5. The Morgan fingerprint density at radius 3 is 2.33 bits per heavy atom. The molecule has 200 valence electrons. The number of sulfonamides is 1. The summed E-state index contributed by atoms with van der Waals surface area (Å²) in [5, 5.41) is 3.14. The highest BCUT2D eigenvalue weighted by Crippen LogP contribution is 2.34. The lowest BCUT2D eigenvalue weighted by Gasteiger charge is -2.23. The van der Waals surface area contributed by atoms with Crippen molar-refractivity contribution in [2.75, 3.05) is 28.0 Å².